The predicted molar refractivity (Wildman–Crippen MR) is 63.7 cm³/mol. The van der Waals surface area contributed by atoms with Crippen molar-refractivity contribution in [1.82, 2.24) is 0 Å². The zero-order chi connectivity index (χ0) is 7.94. The van der Waals surface area contributed by atoms with E-state index >= 15 is 0 Å². The van der Waals surface area contributed by atoms with Crippen molar-refractivity contribution in [1.29, 1.82) is 0 Å². The van der Waals surface area contributed by atoms with E-state index in [-0.39, 0.29) is 51.0 Å². The molecule has 0 saturated heterocycles. The van der Waals surface area contributed by atoms with E-state index in [1.807, 2.05) is 0 Å². The van der Waals surface area contributed by atoms with Gasteiger partial charge in [0, 0.05) is 26.2 Å². The van der Waals surface area contributed by atoms with Crippen molar-refractivity contribution in [3.8, 4) is 0 Å². The Morgan fingerprint density at radius 2 is 2.14 bits per heavy atom. The van der Waals surface area contributed by atoms with Crippen molar-refractivity contribution in [3.63, 3.8) is 0 Å². The van der Waals surface area contributed by atoms with E-state index in [1.54, 1.807) is 0 Å². The van der Waals surface area contributed by atoms with Crippen molar-refractivity contribution in [2.45, 2.75) is 32.6 Å². The van der Waals surface area contributed by atoms with Gasteiger partial charge in [-0.1, -0.05) is 19.8 Å². The molecule has 0 aromatic rings. The van der Waals surface area contributed by atoms with Crippen molar-refractivity contribution in [2.75, 3.05) is 0 Å². The predicted octanol–water partition coefficient (Wildman–Crippen LogP) is 4.26. The molecule has 80 valence electrons. The van der Waals surface area contributed by atoms with Crippen LogP contribution in [0.3, 0.4) is 0 Å². The second kappa shape index (κ2) is 13.7. The minimum absolute atomic E-state index is 0. The van der Waals surface area contributed by atoms with Crippen LogP contribution in [0.2, 0.25) is 0 Å². The smallest absolute Gasteiger partial charge is 0 e. The van der Waals surface area contributed by atoms with Gasteiger partial charge in [-0.05, 0) is 6.42 Å². The summed E-state index contributed by atoms with van der Waals surface area (Å²) in [7, 11) is 0. The summed E-state index contributed by atoms with van der Waals surface area (Å²) < 4.78 is 0. The Balaban J connectivity index is -0.000000403. The molecule has 0 aromatic carbocycles. The molecular weight excluding hydrogens is 294 g/mol. The monoisotopic (exact) mass is 309 g/mol. The summed E-state index contributed by atoms with van der Waals surface area (Å²) in [5, 5.41) is 0. The standard InChI is InChI=1S/C11H15.2ClH.Zr/c1-2-3-4-5-8-11-9-6-7-10-11;;;/h5,8-10H,2-4,6H2,1H3;2*1H;/q-1;;;. The quantitative estimate of drug-likeness (QED) is 0.537. The summed E-state index contributed by atoms with van der Waals surface area (Å²) >= 11 is 0. The molecule has 1 aliphatic carbocycles. The van der Waals surface area contributed by atoms with Crippen molar-refractivity contribution >= 4 is 24.8 Å². The fraction of sp³-hybridized carbons (Fsp3) is 0.455. The first kappa shape index (κ1) is 20.1. The van der Waals surface area contributed by atoms with Gasteiger partial charge in [-0.15, -0.1) is 43.4 Å². The third-order valence-corrected chi connectivity index (χ3v) is 1.76. The molecule has 0 N–H and O–H groups in total. The number of hydrogen-bond acceptors (Lipinski definition) is 0. The van der Waals surface area contributed by atoms with E-state index in [0.717, 1.165) is 6.42 Å². The molecule has 0 aliphatic heterocycles. The molecule has 0 unspecified atom stereocenters. The molecule has 0 atom stereocenters. The Bertz CT molecular complexity index is 195. The number of rotatable bonds is 4. The third-order valence-electron chi connectivity index (χ3n) is 1.76. The van der Waals surface area contributed by atoms with Gasteiger partial charge in [0.2, 0.25) is 0 Å². The summed E-state index contributed by atoms with van der Waals surface area (Å²) in [6.07, 6.45) is 16.6. The summed E-state index contributed by atoms with van der Waals surface area (Å²) in [5.41, 5.74) is 1.32. The van der Waals surface area contributed by atoms with E-state index in [2.05, 4.69) is 37.3 Å². The second-order valence-electron chi connectivity index (χ2n) is 2.80. The molecule has 0 saturated carbocycles. The molecule has 0 nitrogen and oxygen atoms in total. The Hall–Kier alpha value is 0.683. The molecule has 1 rings (SSSR count). The Kier molecular flexibility index (Phi) is 19.7. The van der Waals surface area contributed by atoms with Crippen LogP contribution in [0.25, 0.3) is 0 Å². The molecule has 0 amide bonds. The molecule has 14 heavy (non-hydrogen) atoms. The summed E-state index contributed by atoms with van der Waals surface area (Å²) in [6, 6.07) is 0. The van der Waals surface area contributed by atoms with E-state index in [4.69, 9.17) is 0 Å². The van der Waals surface area contributed by atoms with Crippen LogP contribution in [0.15, 0.2) is 29.9 Å². The van der Waals surface area contributed by atoms with Crippen LogP contribution in [0.4, 0.5) is 0 Å². The summed E-state index contributed by atoms with van der Waals surface area (Å²) in [5.74, 6) is 0. The molecule has 0 bridgehead atoms. The maximum Gasteiger partial charge on any atom is 0 e. The number of halogens is 2. The first-order chi connectivity index (χ1) is 5.43. The van der Waals surface area contributed by atoms with Gasteiger partial charge < -0.3 is 0 Å². The molecule has 0 heterocycles. The maximum atomic E-state index is 3.14. The average Bonchev–Trinajstić information content (AvgIpc) is 2.50. The van der Waals surface area contributed by atoms with E-state index in [0.29, 0.717) is 0 Å². The van der Waals surface area contributed by atoms with Crippen LogP contribution in [-0.2, 0) is 26.2 Å². The van der Waals surface area contributed by atoms with E-state index in [1.165, 1.54) is 24.8 Å². The van der Waals surface area contributed by atoms with Crippen LogP contribution >= 0.6 is 24.8 Å². The van der Waals surface area contributed by atoms with Crippen molar-refractivity contribution in [2.24, 2.45) is 0 Å². The van der Waals surface area contributed by atoms with Gasteiger partial charge in [0.1, 0.15) is 0 Å². The Morgan fingerprint density at radius 1 is 1.43 bits per heavy atom. The number of hydrogen-bond donors (Lipinski definition) is 0. The number of unbranched alkanes of at least 4 members (excludes halogenated alkanes) is 2. The number of allylic oxidation sites excluding steroid dienone is 6. The van der Waals surface area contributed by atoms with Gasteiger partial charge in [-0.2, -0.15) is 11.6 Å². The van der Waals surface area contributed by atoms with Gasteiger partial charge in [-0.3, -0.25) is 6.08 Å². The Morgan fingerprint density at radius 3 is 2.64 bits per heavy atom. The first-order valence-electron chi connectivity index (χ1n) is 4.37. The largest absolute Gasteiger partial charge is 0.272 e. The molecule has 0 aromatic heterocycles. The SMILES string of the molecule is CCCCC=CC1=CC[C-]=C1.Cl.Cl.[Zr]. The van der Waals surface area contributed by atoms with Gasteiger partial charge in [0.05, 0.1) is 0 Å². The molecule has 0 spiro atoms. The van der Waals surface area contributed by atoms with Crippen LogP contribution in [-0.4, -0.2) is 0 Å². The average molecular weight is 311 g/mol. The van der Waals surface area contributed by atoms with Gasteiger partial charge in [0.15, 0.2) is 0 Å². The van der Waals surface area contributed by atoms with Crippen LogP contribution in [0.5, 0.6) is 0 Å². The van der Waals surface area contributed by atoms with Crippen molar-refractivity contribution < 1.29 is 26.2 Å². The fourth-order valence-corrected chi connectivity index (χ4v) is 1.07. The zero-order valence-corrected chi connectivity index (χ0v) is 12.5. The minimum atomic E-state index is 0. The summed E-state index contributed by atoms with van der Waals surface area (Å²) in [4.78, 5) is 0. The van der Waals surface area contributed by atoms with Crippen LogP contribution in [0.1, 0.15) is 32.6 Å². The van der Waals surface area contributed by atoms with Crippen LogP contribution in [0, 0.1) is 6.08 Å². The Labute approximate surface area is 119 Å². The van der Waals surface area contributed by atoms with Crippen LogP contribution < -0.4 is 0 Å². The van der Waals surface area contributed by atoms with Gasteiger partial charge in [0.25, 0.3) is 0 Å². The molecule has 0 fully saturated rings. The first-order valence-corrected chi connectivity index (χ1v) is 4.37. The molecule has 3 heteroatoms. The van der Waals surface area contributed by atoms with E-state index < -0.39 is 0 Å². The zero-order valence-electron chi connectivity index (χ0n) is 8.45. The molecule has 0 radical (unpaired) electrons. The molecule has 1 aliphatic rings. The fourth-order valence-electron chi connectivity index (χ4n) is 1.07. The third kappa shape index (κ3) is 9.25. The van der Waals surface area contributed by atoms with Gasteiger partial charge >= 0.3 is 0 Å². The minimum Gasteiger partial charge on any atom is -0.272 e. The maximum absolute atomic E-state index is 3.14. The van der Waals surface area contributed by atoms with Gasteiger partial charge in [-0.25, -0.2) is 6.08 Å². The molecular formula is C11H17Cl2Zr-. The normalized spacial score (nSPS) is 12.8. The summed E-state index contributed by atoms with van der Waals surface area (Å²) in [6.45, 7) is 2.22. The van der Waals surface area contributed by atoms with Crippen molar-refractivity contribution in [3.05, 3.63) is 36.0 Å². The van der Waals surface area contributed by atoms with E-state index in [9.17, 15) is 0 Å². The topological polar surface area (TPSA) is 0 Å². The second-order valence-corrected chi connectivity index (χ2v) is 2.80.